The van der Waals surface area contributed by atoms with Crippen LogP contribution >= 0.6 is 0 Å². The minimum atomic E-state index is 0.130. The number of nitrogens with zero attached hydrogens (tertiary/aromatic N) is 2. The number of aromatic nitrogens is 2. The lowest BCUT2D eigenvalue weighted by atomic mass is 10.1. The van der Waals surface area contributed by atoms with Crippen LogP contribution in [-0.2, 0) is 24.2 Å². The van der Waals surface area contributed by atoms with Gasteiger partial charge in [0.2, 0.25) is 5.91 Å². The molecule has 0 saturated heterocycles. The number of imidazole rings is 1. The standard InChI is InChI=1S/C28H37N3O2/c1-3-14-23-15-7-10-18-26(23)33-22-13-12-21-31-25-17-9-8-16-24(25)30-27(31)19-6-5-11-20-29-28(32)4-2/h3,7-10,15-18H,1,4-6,11-14,19-22H2,2H3,(H,29,32). The molecule has 3 rings (SSSR count). The van der Waals surface area contributed by atoms with Gasteiger partial charge in [0.05, 0.1) is 17.6 Å². The van der Waals surface area contributed by atoms with Crippen molar-refractivity contribution in [1.29, 1.82) is 0 Å². The van der Waals surface area contributed by atoms with E-state index in [0.29, 0.717) is 13.0 Å². The van der Waals surface area contributed by atoms with Crippen molar-refractivity contribution in [3.05, 3.63) is 72.6 Å². The molecule has 0 fully saturated rings. The van der Waals surface area contributed by atoms with Crippen LogP contribution in [-0.4, -0.2) is 28.6 Å². The topological polar surface area (TPSA) is 56.1 Å². The maximum absolute atomic E-state index is 11.3. The second kappa shape index (κ2) is 13.5. The van der Waals surface area contributed by atoms with Gasteiger partial charge in [-0.3, -0.25) is 4.79 Å². The van der Waals surface area contributed by atoms with E-state index in [-0.39, 0.29) is 5.91 Å². The highest BCUT2D eigenvalue weighted by atomic mass is 16.5. The quantitative estimate of drug-likeness (QED) is 0.234. The third-order valence-electron chi connectivity index (χ3n) is 5.82. The SMILES string of the molecule is C=CCc1ccccc1OCCCCn1c(CCCCCNC(=O)CC)nc2ccccc21. The molecule has 5 heteroatoms. The summed E-state index contributed by atoms with van der Waals surface area (Å²) in [7, 11) is 0. The van der Waals surface area contributed by atoms with Gasteiger partial charge in [-0.1, -0.05) is 49.8 Å². The smallest absolute Gasteiger partial charge is 0.219 e. The Labute approximate surface area is 197 Å². The second-order valence-electron chi connectivity index (χ2n) is 8.34. The van der Waals surface area contributed by atoms with Gasteiger partial charge in [-0.2, -0.15) is 0 Å². The number of allylic oxidation sites excluding steroid dienone is 1. The lowest BCUT2D eigenvalue weighted by Crippen LogP contribution is -2.23. The third kappa shape index (κ3) is 7.48. The van der Waals surface area contributed by atoms with E-state index in [1.54, 1.807) is 0 Å². The van der Waals surface area contributed by atoms with E-state index in [2.05, 4.69) is 40.7 Å². The zero-order chi connectivity index (χ0) is 23.3. The van der Waals surface area contributed by atoms with Crippen molar-refractivity contribution in [2.75, 3.05) is 13.2 Å². The number of para-hydroxylation sites is 3. The number of hydrogen-bond acceptors (Lipinski definition) is 3. The Kier molecular flexibility index (Phi) is 10.0. The number of carbonyl (C=O) groups is 1. The number of ether oxygens (including phenoxy) is 1. The number of unbranched alkanes of at least 4 members (excludes halogenated alkanes) is 3. The molecule has 5 nitrogen and oxygen atoms in total. The number of fused-ring (bicyclic) bond motifs is 1. The zero-order valence-corrected chi connectivity index (χ0v) is 19.9. The minimum Gasteiger partial charge on any atom is -0.493 e. The average Bonchev–Trinajstić information content (AvgIpc) is 3.19. The Morgan fingerprint density at radius 1 is 1.06 bits per heavy atom. The van der Waals surface area contributed by atoms with E-state index >= 15 is 0 Å². The van der Waals surface area contributed by atoms with Crippen LogP contribution in [0.5, 0.6) is 5.75 Å². The number of rotatable bonds is 15. The highest BCUT2D eigenvalue weighted by molar-refractivity contribution is 5.76. The molecule has 0 atom stereocenters. The molecule has 0 radical (unpaired) electrons. The summed E-state index contributed by atoms with van der Waals surface area (Å²) in [6.45, 7) is 8.13. The molecule has 0 saturated carbocycles. The molecule has 3 aromatic rings. The first-order valence-corrected chi connectivity index (χ1v) is 12.3. The Balaban J connectivity index is 1.49. The van der Waals surface area contributed by atoms with Gasteiger partial charge in [-0.25, -0.2) is 4.98 Å². The van der Waals surface area contributed by atoms with Gasteiger partial charge in [0.25, 0.3) is 0 Å². The van der Waals surface area contributed by atoms with Gasteiger partial charge in [-0.15, -0.1) is 6.58 Å². The van der Waals surface area contributed by atoms with Crippen LogP contribution in [0.25, 0.3) is 11.0 Å². The molecular weight excluding hydrogens is 410 g/mol. The summed E-state index contributed by atoms with van der Waals surface area (Å²) in [4.78, 5) is 16.2. The molecule has 1 heterocycles. The van der Waals surface area contributed by atoms with Crippen LogP contribution in [0.15, 0.2) is 61.2 Å². The number of carbonyl (C=O) groups excluding carboxylic acids is 1. The Hall–Kier alpha value is -3.08. The summed E-state index contributed by atoms with van der Waals surface area (Å²) in [6.07, 6.45) is 9.46. The van der Waals surface area contributed by atoms with Gasteiger partial charge >= 0.3 is 0 Å². The fourth-order valence-electron chi connectivity index (χ4n) is 4.03. The van der Waals surface area contributed by atoms with Gasteiger partial charge in [0.1, 0.15) is 11.6 Å². The molecule has 176 valence electrons. The van der Waals surface area contributed by atoms with Crippen LogP contribution < -0.4 is 10.1 Å². The summed E-state index contributed by atoms with van der Waals surface area (Å²) in [5, 5.41) is 2.95. The van der Waals surface area contributed by atoms with Crippen molar-refractivity contribution >= 4 is 16.9 Å². The molecule has 2 aromatic carbocycles. The normalized spacial score (nSPS) is 10.9. The third-order valence-corrected chi connectivity index (χ3v) is 5.82. The van der Waals surface area contributed by atoms with E-state index in [0.717, 1.165) is 75.1 Å². The van der Waals surface area contributed by atoms with Gasteiger partial charge in [0, 0.05) is 25.9 Å². The fourth-order valence-corrected chi connectivity index (χ4v) is 4.03. The maximum atomic E-state index is 11.3. The summed E-state index contributed by atoms with van der Waals surface area (Å²) >= 11 is 0. The Morgan fingerprint density at radius 3 is 2.73 bits per heavy atom. The number of nitrogens with one attached hydrogen (secondary N) is 1. The molecule has 0 spiro atoms. The molecule has 1 N–H and O–H groups in total. The van der Waals surface area contributed by atoms with Crippen molar-refractivity contribution in [2.24, 2.45) is 0 Å². The fraction of sp³-hybridized carbons (Fsp3) is 0.429. The highest BCUT2D eigenvalue weighted by Gasteiger charge is 2.10. The molecule has 0 bridgehead atoms. The van der Waals surface area contributed by atoms with E-state index < -0.39 is 0 Å². The van der Waals surface area contributed by atoms with Crippen LogP contribution in [0, 0.1) is 0 Å². The van der Waals surface area contributed by atoms with E-state index in [1.165, 1.54) is 11.1 Å². The van der Waals surface area contributed by atoms with Gasteiger partial charge in [0.15, 0.2) is 0 Å². The number of aryl methyl sites for hydroxylation is 2. The maximum Gasteiger partial charge on any atom is 0.219 e. The van der Waals surface area contributed by atoms with Crippen LogP contribution in [0.2, 0.25) is 0 Å². The first-order valence-electron chi connectivity index (χ1n) is 12.3. The first-order chi connectivity index (χ1) is 16.2. The predicted molar refractivity (Wildman–Crippen MR) is 136 cm³/mol. The highest BCUT2D eigenvalue weighted by Crippen LogP contribution is 2.21. The van der Waals surface area contributed by atoms with Crippen LogP contribution in [0.3, 0.4) is 0 Å². The molecular formula is C28H37N3O2. The summed E-state index contributed by atoms with van der Waals surface area (Å²) in [5.74, 6) is 2.25. The molecule has 1 amide bonds. The van der Waals surface area contributed by atoms with E-state index in [4.69, 9.17) is 9.72 Å². The first kappa shape index (κ1) is 24.6. The van der Waals surface area contributed by atoms with E-state index in [9.17, 15) is 4.79 Å². The van der Waals surface area contributed by atoms with Crippen molar-refractivity contribution in [3.63, 3.8) is 0 Å². The average molecular weight is 448 g/mol. The molecule has 1 aromatic heterocycles. The molecule has 0 aliphatic heterocycles. The van der Waals surface area contributed by atoms with Crippen molar-refractivity contribution < 1.29 is 9.53 Å². The minimum absolute atomic E-state index is 0.130. The summed E-state index contributed by atoms with van der Waals surface area (Å²) < 4.78 is 8.43. The Bertz CT molecular complexity index is 1020. The van der Waals surface area contributed by atoms with E-state index in [1.807, 2.05) is 37.3 Å². The van der Waals surface area contributed by atoms with Crippen LogP contribution in [0.1, 0.15) is 56.8 Å². The van der Waals surface area contributed by atoms with Crippen molar-refractivity contribution in [1.82, 2.24) is 14.9 Å². The monoisotopic (exact) mass is 447 g/mol. The predicted octanol–water partition coefficient (Wildman–Crippen LogP) is 5.86. The molecule has 0 aliphatic rings. The zero-order valence-electron chi connectivity index (χ0n) is 19.9. The van der Waals surface area contributed by atoms with Gasteiger partial charge in [-0.05, 0) is 55.9 Å². The number of benzene rings is 2. The summed E-state index contributed by atoms with van der Waals surface area (Å²) in [6, 6.07) is 16.6. The number of amides is 1. The molecule has 33 heavy (non-hydrogen) atoms. The van der Waals surface area contributed by atoms with Gasteiger partial charge < -0.3 is 14.6 Å². The van der Waals surface area contributed by atoms with Crippen molar-refractivity contribution in [2.45, 2.75) is 64.8 Å². The lowest BCUT2D eigenvalue weighted by molar-refractivity contribution is -0.120. The van der Waals surface area contributed by atoms with Crippen molar-refractivity contribution in [3.8, 4) is 5.75 Å². The summed E-state index contributed by atoms with van der Waals surface area (Å²) in [5.41, 5.74) is 3.46. The second-order valence-corrected chi connectivity index (χ2v) is 8.34. The molecule has 0 aliphatic carbocycles. The largest absolute Gasteiger partial charge is 0.493 e. The van der Waals surface area contributed by atoms with Crippen LogP contribution in [0.4, 0.5) is 0 Å². The lowest BCUT2D eigenvalue weighted by Gasteiger charge is -2.12. The Morgan fingerprint density at radius 2 is 1.88 bits per heavy atom. The number of hydrogen-bond donors (Lipinski definition) is 1. The molecule has 0 unspecified atom stereocenters.